The summed E-state index contributed by atoms with van der Waals surface area (Å²) in [6.45, 7) is 0. The average Bonchev–Trinajstić information content (AvgIpc) is 2.89. The van der Waals surface area contributed by atoms with E-state index in [0.717, 1.165) is 18.9 Å². The lowest BCUT2D eigenvalue weighted by molar-refractivity contribution is 0.486. The summed E-state index contributed by atoms with van der Waals surface area (Å²) < 4.78 is 38.6. The summed E-state index contributed by atoms with van der Waals surface area (Å²) in [5, 5.41) is 0. The van der Waals surface area contributed by atoms with E-state index in [4.69, 9.17) is 5.73 Å². The van der Waals surface area contributed by atoms with Gasteiger partial charge in [0.15, 0.2) is 11.6 Å². The fourth-order valence-electron chi connectivity index (χ4n) is 1.55. The Bertz CT molecular complexity index is 386. The van der Waals surface area contributed by atoms with Crippen molar-refractivity contribution in [1.82, 2.24) is 0 Å². The van der Waals surface area contributed by atoms with Gasteiger partial charge in [0.1, 0.15) is 5.82 Å². The summed E-state index contributed by atoms with van der Waals surface area (Å²) in [5.41, 5.74) is 5.82. The molecule has 2 N–H and O–H groups in total. The highest BCUT2D eigenvalue weighted by Gasteiger charge is 2.37. The highest BCUT2D eigenvalue weighted by atomic mass is 19.2. The summed E-state index contributed by atoms with van der Waals surface area (Å²) in [6, 6.07) is 1.50. The zero-order chi connectivity index (χ0) is 11.1. The fraction of sp³-hybridized carbons (Fsp3) is 0.455. The van der Waals surface area contributed by atoms with Crippen LogP contribution in [-0.2, 0) is 6.42 Å². The van der Waals surface area contributed by atoms with Crippen LogP contribution in [0.25, 0.3) is 0 Å². The highest BCUT2D eigenvalue weighted by Crippen LogP contribution is 2.36. The number of hydrogen-bond donors (Lipinski definition) is 1. The van der Waals surface area contributed by atoms with Crippen LogP contribution in [0.2, 0.25) is 0 Å². The average molecular weight is 215 g/mol. The number of halogens is 3. The quantitative estimate of drug-likeness (QED) is 0.770. The first-order valence-electron chi connectivity index (χ1n) is 4.92. The molecule has 1 nitrogen and oxygen atoms in total. The molecule has 1 aromatic carbocycles. The Morgan fingerprint density at radius 3 is 2.27 bits per heavy atom. The Morgan fingerprint density at radius 1 is 1.07 bits per heavy atom. The SMILES string of the molecule is NC1(CCc2cc(F)c(F)cc2F)CC1. The Labute approximate surface area is 86.1 Å². The molecule has 4 heteroatoms. The van der Waals surface area contributed by atoms with Crippen LogP contribution in [0.5, 0.6) is 0 Å². The number of hydrogen-bond acceptors (Lipinski definition) is 1. The summed E-state index contributed by atoms with van der Waals surface area (Å²) in [6.07, 6.45) is 2.84. The van der Waals surface area contributed by atoms with Gasteiger partial charge in [-0.3, -0.25) is 0 Å². The van der Waals surface area contributed by atoms with Crippen LogP contribution in [-0.4, -0.2) is 5.54 Å². The van der Waals surface area contributed by atoms with E-state index in [9.17, 15) is 13.2 Å². The summed E-state index contributed by atoms with van der Waals surface area (Å²) in [5.74, 6) is -2.85. The van der Waals surface area contributed by atoms with E-state index in [-0.39, 0.29) is 11.1 Å². The molecule has 82 valence electrons. The second kappa shape index (κ2) is 3.52. The van der Waals surface area contributed by atoms with E-state index in [1.165, 1.54) is 0 Å². The molecule has 15 heavy (non-hydrogen) atoms. The van der Waals surface area contributed by atoms with Gasteiger partial charge in [0.05, 0.1) is 0 Å². The fourth-order valence-corrected chi connectivity index (χ4v) is 1.55. The topological polar surface area (TPSA) is 26.0 Å². The third kappa shape index (κ3) is 2.31. The number of rotatable bonds is 3. The van der Waals surface area contributed by atoms with Gasteiger partial charge in [-0.1, -0.05) is 0 Å². The Balaban J connectivity index is 2.10. The first kappa shape index (κ1) is 10.5. The molecular formula is C11H12F3N. The van der Waals surface area contributed by atoms with E-state index in [2.05, 4.69) is 0 Å². The second-order valence-electron chi connectivity index (χ2n) is 4.22. The van der Waals surface area contributed by atoms with E-state index in [1.54, 1.807) is 0 Å². The van der Waals surface area contributed by atoms with Crippen LogP contribution in [0.1, 0.15) is 24.8 Å². The van der Waals surface area contributed by atoms with Crippen molar-refractivity contribution in [1.29, 1.82) is 0 Å². The molecule has 0 atom stereocenters. The molecule has 0 aromatic heterocycles. The third-order valence-corrected chi connectivity index (χ3v) is 2.87. The van der Waals surface area contributed by atoms with Crippen molar-refractivity contribution >= 4 is 0 Å². The van der Waals surface area contributed by atoms with Gasteiger partial charge in [0, 0.05) is 11.6 Å². The second-order valence-corrected chi connectivity index (χ2v) is 4.22. The molecule has 1 aliphatic rings. The van der Waals surface area contributed by atoms with E-state index in [1.807, 2.05) is 0 Å². The van der Waals surface area contributed by atoms with E-state index >= 15 is 0 Å². The summed E-state index contributed by atoms with van der Waals surface area (Å²) in [4.78, 5) is 0. The lowest BCUT2D eigenvalue weighted by atomic mass is 10.0. The van der Waals surface area contributed by atoms with Crippen molar-refractivity contribution in [3.8, 4) is 0 Å². The minimum atomic E-state index is -1.15. The van der Waals surface area contributed by atoms with Gasteiger partial charge < -0.3 is 5.73 Å². The number of nitrogens with two attached hydrogens (primary N) is 1. The molecule has 1 aromatic rings. The first-order valence-corrected chi connectivity index (χ1v) is 4.92. The molecule has 0 amide bonds. The molecular weight excluding hydrogens is 203 g/mol. The molecule has 0 heterocycles. The first-order chi connectivity index (χ1) is 7.00. The maximum atomic E-state index is 13.2. The minimum Gasteiger partial charge on any atom is -0.325 e. The van der Waals surface area contributed by atoms with Crippen molar-refractivity contribution < 1.29 is 13.2 Å². The Hall–Kier alpha value is -1.03. The van der Waals surface area contributed by atoms with Crippen LogP contribution >= 0.6 is 0 Å². The van der Waals surface area contributed by atoms with Gasteiger partial charge in [-0.2, -0.15) is 0 Å². The van der Waals surface area contributed by atoms with Gasteiger partial charge in [-0.05, 0) is 37.3 Å². The highest BCUT2D eigenvalue weighted by molar-refractivity contribution is 5.21. The molecule has 0 aliphatic heterocycles. The lowest BCUT2D eigenvalue weighted by Gasteiger charge is -2.09. The molecule has 1 saturated carbocycles. The van der Waals surface area contributed by atoms with Crippen molar-refractivity contribution in [2.75, 3.05) is 0 Å². The van der Waals surface area contributed by atoms with Crippen LogP contribution < -0.4 is 5.73 Å². The normalized spacial score (nSPS) is 17.9. The van der Waals surface area contributed by atoms with Crippen LogP contribution in [0, 0.1) is 17.5 Å². The van der Waals surface area contributed by atoms with E-state index < -0.39 is 17.5 Å². The largest absolute Gasteiger partial charge is 0.325 e. The van der Waals surface area contributed by atoms with Crippen molar-refractivity contribution in [2.45, 2.75) is 31.2 Å². The van der Waals surface area contributed by atoms with Gasteiger partial charge in [-0.15, -0.1) is 0 Å². The molecule has 0 unspecified atom stereocenters. The maximum absolute atomic E-state index is 13.2. The van der Waals surface area contributed by atoms with Crippen LogP contribution in [0.3, 0.4) is 0 Å². The molecule has 1 fully saturated rings. The van der Waals surface area contributed by atoms with Crippen molar-refractivity contribution in [2.24, 2.45) is 5.73 Å². The lowest BCUT2D eigenvalue weighted by Crippen LogP contribution is -2.22. The Kier molecular flexibility index (Phi) is 2.46. The monoisotopic (exact) mass is 215 g/mol. The molecule has 2 rings (SSSR count). The number of aryl methyl sites for hydroxylation is 1. The molecule has 0 bridgehead atoms. The smallest absolute Gasteiger partial charge is 0.161 e. The standard InChI is InChI=1S/C11H12F3N/c12-8-6-10(14)9(13)5-7(8)1-2-11(15)3-4-11/h5-6H,1-4,15H2. The maximum Gasteiger partial charge on any atom is 0.161 e. The molecule has 1 aliphatic carbocycles. The Morgan fingerprint density at radius 2 is 1.67 bits per heavy atom. The van der Waals surface area contributed by atoms with Crippen molar-refractivity contribution in [3.63, 3.8) is 0 Å². The van der Waals surface area contributed by atoms with Crippen LogP contribution in [0.4, 0.5) is 13.2 Å². The predicted molar refractivity (Wildman–Crippen MR) is 50.8 cm³/mol. The zero-order valence-corrected chi connectivity index (χ0v) is 8.19. The van der Waals surface area contributed by atoms with E-state index in [0.29, 0.717) is 18.9 Å². The summed E-state index contributed by atoms with van der Waals surface area (Å²) >= 11 is 0. The molecule has 0 saturated heterocycles. The number of benzene rings is 1. The van der Waals surface area contributed by atoms with Crippen molar-refractivity contribution in [3.05, 3.63) is 35.1 Å². The molecule has 0 spiro atoms. The van der Waals surface area contributed by atoms with Gasteiger partial charge in [-0.25, -0.2) is 13.2 Å². The van der Waals surface area contributed by atoms with Gasteiger partial charge in [0.2, 0.25) is 0 Å². The predicted octanol–water partition coefficient (Wildman–Crippen LogP) is 2.53. The molecule has 0 radical (unpaired) electrons. The third-order valence-electron chi connectivity index (χ3n) is 2.87. The van der Waals surface area contributed by atoms with Gasteiger partial charge >= 0.3 is 0 Å². The van der Waals surface area contributed by atoms with Crippen LogP contribution in [0.15, 0.2) is 12.1 Å². The minimum absolute atomic E-state index is 0.197. The summed E-state index contributed by atoms with van der Waals surface area (Å²) in [7, 11) is 0. The van der Waals surface area contributed by atoms with Gasteiger partial charge in [0.25, 0.3) is 0 Å². The zero-order valence-electron chi connectivity index (χ0n) is 8.19.